The molecule has 0 aliphatic heterocycles. The van der Waals surface area contributed by atoms with E-state index in [0.717, 1.165) is 0 Å². The lowest BCUT2D eigenvalue weighted by Crippen LogP contribution is -2.15. The number of aryl methyl sites for hydroxylation is 1. The first kappa shape index (κ1) is 15.3. The van der Waals surface area contributed by atoms with E-state index >= 15 is 0 Å². The van der Waals surface area contributed by atoms with Crippen LogP contribution in [-0.4, -0.2) is 30.3 Å². The second-order valence-corrected chi connectivity index (χ2v) is 5.97. The van der Waals surface area contributed by atoms with Crippen LogP contribution >= 0.6 is 0 Å². The topological polar surface area (TPSA) is 104 Å². The zero-order valence-corrected chi connectivity index (χ0v) is 12.6. The summed E-state index contributed by atoms with van der Waals surface area (Å²) in [6.45, 7) is 3.46. The molecule has 0 aliphatic carbocycles. The van der Waals surface area contributed by atoms with Crippen molar-refractivity contribution in [3.05, 3.63) is 35.7 Å². The Kier molecular flexibility index (Phi) is 4.49. The summed E-state index contributed by atoms with van der Waals surface area (Å²) < 4.78 is 32.6. The summed E-state index contributed by atoms with van der Waals surface area (Å²) in [6, 6.07) is 6.64. The Morgan fingerprint density at radius 3 is 2.86 bits per heavy atom. The van der Waals surface area contributed by atoms with Crippen LogP contribution < -0.4 is 9.46 Å². The number of anilines is 1. The molecule has 1 aromatic heterocycles. The summed E-state index contributed by atoms with van der Waals surface area (Å²) in [5, 5.41) is 15.5. The minimum atomic E-state index is -3.83. The van der Waals surface area contributed by atoms with Gasteiger partial charge in [-0.1, -0.05) is 6.07 Å². The molecule has 2 aromatic rings. The molecule has 114 valence electrons. The molecular weight excluding hydrogens is 294 g/mol. The smallest absolute Gasteiger partial charge is 0.265 e. The summed E-state index contributed by atoms with van der Waals surface area (Å²) in [7, 11) is -3.83. The Balaban J connectivity index is 2.33. The summed E-state index contributed by atoms with van der Waals surface area (Å²) in [6.07, 6.45) is 0. The Morgan fingerprint density at radius 2 is 2.19 bits per heavy atom. The van der Waals surface area contributed by atoms with Crippen molar-refractivity contribution < 1.29 is 18.3 Å². The van der Waals surface area contributed by atoms with Gasteiger partial charge in [-0.05, 0) is 26.0 Å². The molecule has 1 aromatic carbocycles. The van der Waals surface area contributed by atoms with Crippen LogP contribution in [-0.2, 0) is 16.6 Å². The summed E-state index contributed by atoms with van der Waals surface area (Å²) >= 11 is 0. The first-order valence-electron chi connectivity index (χ1n) is 6.38. The summed E-state index contributed by atoms with van der Waals surface area (Å²) in [4.78, 5) is -0.0354. The maximum absolute atomic E-state index is 12.4. The van der Waals surface area contributed by atoms with Gasteiger partial charge in [-0.15, -0.1) is 0 Å². The lowest BCUT2D eigenvalue weighted by Gasteiger charge is -2.10. The molecule has 1 heterocycles. The van der Waals surface area contributed by atoms with Crippen molar-refractivity contribution in [2.24, 2.45) is 0 Å². The number of aliphatic hydroxyl groups is 1. The van der Waals surface area contributed by atoms with E-state index in [0.29, 0.717) is 23.7 Å². The van der Waals surface area contributed by atoms with Gasteiger partial charge in [0.2, 0.25) is 0 Å². The molecule has 0 aliphatic rings. The maximum atomic E-state index is 12.4. The zero-order chi connectivity index (χ0) is 15.5. The minimum Gasteiger partial charge on any atom is -0.494 e. The average molecular weight is 311 g/mol. The molecular formula is C13H17N3O4S. The zero-order valence-electron chi connectivity index (χ0n) is 11.8. The fourth-order valence-corrected chi connectivity index (χ4v) is 3.36. The molecule has 21 heavy (non-hydrogen) atoms. The first-order chi connectivity index (χ1) is 9.97. The quantitative estimate of drug-likeness (QED) is 0.748. The van der Waals surface area contributed by atoms with Gasteiger partial charge in [-0.2, -0.15) is 5.10 Å². The van der Waals surface area contributed by atoms with Gasteiger partial charge >= 0.3 is 0 Å². The van der Waals surface area contributed by atoms with E-state index in [9.17, 15) is 13.5 Å². The van der Waals surface area contributed by atoms with E-state index in [4.69, 9.17) is 4.74 Å². The third kappa shape index (κ3) is 3.34. The van der Waals surface area contributed by atoms with E-state index in [1.807, 2.05) is 6.92 Å². The third-order valence-corrected chi connectivity index (χ3v) is 4.36. The standard InChI is InChI=1S/C13H17N3O4S/c1-3-20-11-6-4-5-10(7-11)16-21(18,19)13-9(2)14-15-12(13)8-17/h4-7,16-17H,3,8H2,1-2H3,(H,14,15). The van der Waals surface area contributed by atoms with E-state index in [1.165, 1.54) is 0 Å². The minimum absolute atomic E-state index is 0.0354. The normalized spacial score (nSPS) is 11.4. The number of sulfonamides is 1. The highest BCUT2D eigenvalue weighted by Crippen LogP contribution is 2.23. The lowest BCUT2D eigenvalue weighted by atomic mass is 10.3. The van der Waals surface area contributed by atoms with E-state index < -0.39 is 16.6 Å². The highest BCUT2D eigenvalue weighted by Gasteiger charge is 2.24. The van der Waals surface area contributed by atoms with Crippen molar-refractivity contribution in [3.8, 4) is 5.75 Å². The molecule has 2 rings (SSSR count). The average Bonchev–Trinajstić information content (AvgIpc) is 2.81. The Labute approximate surface area is 123 Å². The number of H-pyrrole nitrogens is 1. The molecule has 0 unspecified atom stereocenters. The number of benzene rings is 1. The largest absolute Gasteiger partial charge is 0.494 e. The monoisotopic (exact) mass is 311 g/mol. The van der Waals surface area contributed by atoms with Gasteiger partial charge in [0.25, 0.3) is 10.0 Å². The second kappa shape index (κ2) is 6.15. The van der Waals surface area contributed by atoms with Crippen molar-refractivity contribution in [3.63, 3.8) is 0 Å². The number of aliphatic hydroxyl groups excluding tert-OH is 1. The molecule has 0 spiro atoms. The Bertz CT molecular complexity index is 725. The molecule has 0 saturated carbocycles. The number of rotatable bonds is 6. The lowest BCUT2D eigenvalue weighted by molar-refractivity contribution is 0.273. The molecule has 0 atom stereocenters. The van der Waals surface area contributed by atoms with Crippen molar-refractivity contribution in [1.82, 2.24) is 10.2 Å². The molecule has 7 nitrogen and oxygen atoms in total. The fourth-order valence-electron chi connectivity index (χ4n) is 1.96. The van der Waals surface area contributed by atoms with Gasteiger partial charge in [0.05, 0.1) is 24.6 Å². The number of aromatic nitrogens is 2. The summed E-state index contributed by atoms with van der Waals surface area (Å²) in [5.41, 5.74) is 0.832. The van der Waals surface area contributed by atoms with Gasteiger partial charge in [-0.25, -0.2) is 8.42 Å². The highest BCUT2D eigenvalue weighted by atomic mass is 32.2. The number of aromatic amines is 1. The van der Waals surface area contributed by atoms with E-state index in [-0.39, 0.29) is 10.6 Å². The van der Waals surface area contributed by atoms with Crippen LogP contribution in [0.2, 0.25) is 0 Å². The fraction of sp³-hybridized carbons (Fsp3) is 0.308. The molecule has 0 saturated heterocycles. The van der Waals surface area contributed by atoms with Crippen LogP contribution in [0.3, 0.4) is 0 Å². The van der Waals surface area contributed by atoms with Crippen LogP contribution in [0.15, 0.2) is 29.2 Å². The van der Waals surface area contributed by atoms with Crippen molar-refractivity contribution in [2.75, 3.05) is 11.3 Å². The van der Waals surface area contributed by atoms with Crippen LogP contribution in [0.1, 0.15) is 18.3 Å². The maximum Gasteiger partial charge on any atom is 0.265 e. The number of hydrogen-bond acceptors (Lipinski definition) is 5. The number of nitrogens with zero attached hydrogens (tertiary/aromatic N) is 1. The Hall–Kier alpha value is -2.06. The molecule has 8 heteroatoms. The van der Waals surface area contributed by atoms with Crippen LogP contribution in [0.25, 0.3) is 0 Å². The highest BCUT2D eigenvalue weighted by molar-refractivity contribution is 7.92. The van der Waals surface area contributed by atoms with Gasteiger partial charge in [0.15, 0.2) is 0 Å². The van der Waals surface area contributed by atoms with Crippen LogP contribution in [0.4, 0.5) is 5.69 Å². The predicted molar refractivity (Wildman–Crippen MR) is 77.7 cm³/mol. The molecule has 0 bridgehead atoms. The first-order valence-corrected chi connectivity index (χ1v) is 7.86. The predicted octanol–water partition coefficient (Wildman–Crippen LogP) is 1.41. The molecule has 3 N–H and O–H groups in total. The van der Waals surface area contributed by atoms with Crippen LogP contribution in [0.5, 0.6) is 5.75 Å². The number of hydrogen-bond donors (Lipinski definition) is 3. The van der Waals surface area contributed by atoms with Crippen LogP contribution in [0, 0.1) is 6.92 Å². The number of nitrogens with one attached hydrogen (secondary N) is 2. The van der Waals surface area contributed by atoms with E-state index in [1.54, 1.807) is 31.2 Å². The van der Waals surface area contributed by atoms with Gasteiger partial charge in [0.1, 0.15) is 16.3 Å². The van der Waals surface area contributed by atoms with Gasteiger partial charge in [-0.3, -0.25) is 9.82 Å². The summed E-state index contributed by atoms with van der Waals surface area (Å²) in [5.74, 6) is 0.573. The van der Waals surface area contributed by atoms with E-state index in [2.05, 4.69) is 14.9 Å². The number of ether oxygens (including phenoxy) is 1. The molecule has 0 amide bonds. The van der Waals surface area contributed by atoms with Crippen molar-refractivity contribution in [1.29, 1.82) is 0 Å². The van der Waals surface area contributed by atoms with Crippen molar-refractivity contribution >= 4 is 15.7 Å². The third-order valence-electron chi connectivity index (χ3n) is 2.78. The van der Waals surface area contributed by atoms with Gasteiger partial charge < -0.3 is 9.84 Å². The SMILES string of the molecule is CCOc1cccc(NS(=O)(=O)c2c(CO)n[nH]c2C)c1. The second-order valence-electron chi connectivity index (χ2n) is 4.35. The Morgan fingerprint density at radius 1 is 1.43 bits per heavy atom. The molecule has 0 radical (unpaired) electrons. The van der Waals surface area contributed by atoms with Crippen molar-refractivity contribution in [2.45, 2.75) is 25.3 Å². The van der Waals surface area contributed by atoms with Gasteiger partial charge in [0, 0.05) is 6.07 Å². The molecule has 0 fully saturated rings.